The van der Waals surface area contributed by atoms with Gasteiger partial charge in [-0.3, -0.25) is 14.5 Å². The first-order chi connectivity index (χ1) is 11.6. The van der Waals surface area contributed by atoms with E-state index >= 15 is 0 Å². The molecule has 1 amide bonds. The number of pyridine rings is 1. The van der Waals surface area contributed by atoms with Crippen LogP contribution in [0.5, 0.6) is 0 Å². The lowest BCUT2D eigenvalue weighted by atomic mass is 10.2. The third-order valence-corrected chi connectivity index (χ3v) is 5.69. The molecule has 7 heteroatoms. The minimum Gasteiger partial charge on any atom is -0.368 e. The smallest absolute Gasteiger partial charge is 0.264 e. The van der Waals surface area contributed by atoms with Crippen LogP contribution in [-0.4, -0.2) is 51.8 Å². The first kappa shape index (κ1) is 15.1. The number of nitrogens with zero attached hydrogens (tertiary/aromatic N) is 5. The van der Waals surface area contributed by atoms with Gasteiger partial charge in [-0.15, -0.1) is 11.3 Å². The number of aryl methyl sites for hydroxylation is 2. The molecule has 0 spiro atoms. The highest BCUT2D eigenvalue weighted by molar-refractivity contribution is 7.20. The van der Waals surface area contributed by atoms with Gasteiger partial charge < -0.3 is 9.80 Å². The lowest BCUT2D eigenvalue weighted by Gasteiger charge is -2.35. The molecule has 1 fully saturated rings. The summed E-state index contributed by atoms with van der Waals surface area (Å²) in [5.74, 6) is 0.130. The van der Waals surface area contributed by atoms with E-state index in [9.17, 15) is 4.79 Å². The number of rotatable bonds is 2. The van der Waals surface area contributed by atoms with Gasteiger partial charge in [-0.05, 0) is 25.1 Å². The minimum absolute atomic E-state index is 0.130. The summed E-state index contributed by atoms with van der Waals surface area (Å²) in [6.45, 7) is 5.17. The zero-order chi connectivity index (χ0) is 16.7. The van der Waals surface area contributed by atoms with Gasteiger partial charge in [0.1, 0.15) is 4.83 Å². The molecule has 1 saturated heterocycles. The molecule has 124 valence electrons. The van der Waals surface area contributed by atoms with Gasteiger partial charge in [0.05, 0.1) is 10.6 Å². The van der Waals surface area contributed by atoms with E-state index in [4.69, 9.17) is 0 Å². The van der Waals surface area contributed by atoms with Crippen LogP contribution in [0.2, 0.25) is 0 Å². The van der Waals surface area contributed by atoms with E-state index in [0.29, 0.717) is 0 Å². The second kappa shape index (κ2) is 5.90. The van der Waals surface area contributed by atoms with Gasteiger partial charge in [0, 0.05) is 56.7 Å². The molecule has 0 saturated carbocycles. The first-order valence-corrected chi connectivity index (χ1v) is 8.82. The first-order valence-electron chi connectivity index (χ1n) is 8.01. The number of carbonyl (C=O) groups is 1. The Morgan fingerprint density at radius 2 is 1.88 bits per heavy atom. The third kappa shape index (κ3) is 2.54. The van der Waals surface area contributed by atoms with Gasteiger partial charge in [0.15, 0.2) is 0 Å². The van der Waals surface area contributed by atoms with Crippen molar-refractivity contribution >= 4 is 33.1 Å². The lowest BCUT2D eigenvalue weighted by Crippen LogP contribution is -2.48. The van der Waals surface area contributed by atoms with E-state index in [1.54, 1.807) is 12.4 Å². The number of hydrogen-bond acceptors (Lipinski definition) is 5. The summed E-state index contributed by atoms with van der Waals surface area (Å²) in [4.78, 5) is 23.0. The van der Waals surface area contributed by atoms with Crippen molar-refractivity contribution < 1.29 is 4.79 Å². The van der Waals surface area contributed by atoms with E-state index < -0.39 is 0 Å². The maximum absolute atomic E-state index is 12.8. The SMILES string of the molecule is Cc1nn(C)c2sc(C(=O)N3CCN(c4ccncc4)CC3)cc12. The Hall–Kier alpha value is -2.41. The van der Waals surface area contributed by atoms with E-state index in [-0.39, 0.29) is 5.91 Å². The summed E-state index contributed by atoms with van der Waals surface area (Å²) in [5, 5.41) is 5.48. The molecule has 24 heavy (non-hydrogen) atoms. The minimum atomic E-state index is 0.130. The van der Waals surface area contributed by atoms with Crippen molar-refractivity contribution in [2.45, 2.75) is 6.92 Å². The molecule has 0 radical (unpaired) electrons. The van der Waals surface area contributed by atoms with Gasteiger partial charge in [0.25, 0.3) is 5.91 Å². The van der Waals surface area contributed by atoms with E-state index in [1.165, 1.54) is 17.0 Å². The molecule has 3 aromatic rings. The maximum atomic E-state index is 12.8. The van der Waals surface area contributed by atoms with E-state index in [2.05, 4.69) is 15.0 Å². The molecular formula is C17H19N5OS. The lowest BCUT2D eigenvalue weighted by molar-refractivity contribution is 0.0751. The summed E-state index contributed by atoms with van der Waals surface area (Å²) in [6, 6.07) is 6.01. The van der Waals surface area contributed by atoms with Gasteiger partial charge in [-0.25, -0.2) is 0 Å². The Balaban J connectivity index is 1.48. The van der Waals surface area contributed by atoms with Gasteiger partial charge in [-0.2, -0.15) is 5.10 Å². The average molecular weight is 341 g/mol. The molecule has 3 aromatic heterocycles. The monoisotopic (exact) mass is 341 g/mol. The number of thiophene rings is 1. The largest absolute Gasteiger partial charge is 0.368 e. The van der Waals surface area contributed by atoms with Crippen molar-refractivity contribution in [1.82, 2.24) is 19.7 Å². The molecule has 1 aliphatic heterocycles. The number of piperazine rings is 1. The van der Waals surface area contributed by atoms with Crippen molar-refractivity contribution in [3.63, 3.8) is 0 Å². The third-order valence-electron chi connectivity index (χ3n) is 4.50. The second-order valence-electron chi connectivity index (χ2n) is 6.02. The van der Waals surface area contributed by atoms with Crippen molar-refractivity contribution in [3.05, 3.63) is 41.2 Å². The van der Waals surface area contributed by atoms with Gasteiger partial charge in [0.2, 0.25) is 0 Å². The quantitative estimate of drug-likeness (QED) is 0.718. The van der Waals surface area contributed by atoms with Crippen molar-refractivity contribution in [2.24, 2.45) is 7.05 Å². The zero-order valence-electron chi connectivity index (χ0n) is 13.8. The second-order valence-corrected chi connectivity index (χ2v) is 7.05. The summed E-state index contributed by atoms with van der Waals surface area (Å²) in [5.41, 5.74) is 2.14. The Kier molecular flexibility index (Phi) is 3.72. The van der Waals surface area contributed by atoms with Crippen LogP contribution < -0.4 is 4.90 Å². The number of carbonyl (C=O) groups excluding carboxylic acids is 1. The van der Waals surface area contributed by atoms with Crippen LogP contribution in [0.4, 0.5) is 5.69 Å². The fourth-order valence-corrected chi connectivity index (χ4v) is 4.28. The van der Waals surface area contributed by atoms with Crippen molar-refractivity contribution in [2.75, 3.05) is 31.1 Å². The Bertz CT molecular complexity index is 843. The van der Waals surface area contributed by atoms with Crippen LogP contribution in [0.15, 0.2) is 30.6 Å². The molecular weight excluding hydrogens is 322 g/mol. The molecule has 6 nitrogen and oxygen atoms in total. The Morgan fingerprint density at radius 1 is 1.17 bits per heavy atom. The topological polar surface area (TPSA) is 54.3 Å². The summed E-state index contributed by atoms with van der Waals surface area (Å²) in [6.07, 6.45) is 3.61. The van der Waals surface area contributed by atoms with Crippen LogP contribution in [0.25, 0.3) is 10.2 Å². The highest BCUT2D eigenvalue weighted by Crippen LogP contribution is 2.29. The number of fused-ring (bicyclic) bond motifs is 1. The van der Waals surface area contributed by atoms with Crippen LogP contribution in [-0.2, 0) is 7.05 Å². The normalized spacial score (nSPS) is 15.2. The number of amides is 1. The van der Waals surface area contributed by atoms with Crippen molar-refractivity contribution in [3.8, 4) is 0 Å². The highest BCUT2D eigenvalue weighted by atomic mass is 32.1. The number of hydrogen-bond donors (Lipinski definition) is 0. The van der Waals surface area contributed by atoms with Gasteiger partial charge in [-0.1, -0.05) is 0 Å². The molecule has 0 N–H and O–H groups in total. The standard InChI is InChI=1S/C17H19N5OS/c1-12-14-11-15(24-17(14)20(2)19-12)16(23)22-9-7-21(8-10-22)13-3-5-18-6-4-13/h3-6,11H,7-10H2,1-2H3. The molecule has 0 bridgehead atoms. The average Bonchev–Trinajstić information content (AvgIpc) is 3.17. The molecule has 0 atom stereocenters. The molecule has 0 aromatic carbocycles. The highest BCUT2D eigenvalue weighted by Gasteiger charge is 2.24. The zero-order valence-corrected chi connectivity index (χ0v) is 14.6. The molecule has 1 aliphatic rings. The Labute approximate surface area is 144 Å². The van der Waals surface area contributed by atoms with Crippen molar-refractivity contribution in [1.29, 1.82) is 0 Å². The number of anilines is 1. The molecule has 0 aliphatic carbocycles. The number of aromatic nitrogens is 3. The predicted octanol–water partition coefficient (Wildman–Crippen LogP) is 2.30. The molecule has 4 heterocycles. The summed E-state index contributed by atoms with van der Waals surface area (Å²) >= 11 is 1.53. The summed E-state index contributed by atoms with van der Waals surface area (Å²) < 4.78 is 1.85. The predicted molar refractivity (Wildman–Crippen MR) is 95.7 cm³/mol. The molecule has 4 rings (SSSR count). The van der Waals surface area contributed by atoms with Gasteiger partial charge >= 0.3 is 0 Å². The summed E-state index contributed by atoms with van der Waals surface area (Å²) in [7, 11) is 1.92. The Morgan fingerprint density at radius 3 is 2.54 bits per heavy atom. The van der Waals surface area contributed by atoms with E-state index in [0.717, 1.165) is 47.0 Å². The molecule has 0 unspecified atom stereocenters. The van der Waals surface area contributed by atoms with Crippen LogP contribution in [0.1, 0.15) is 15.4 Å². The van der Waals surface area contributed by atoms with Crippen LogP contribution in [0.3, 0.4) is 0 Å². The van der Waals surface area contributed by atoms with Crippen LogP contribution in [0, 0.1) is 6.92 Å². The van der Waals surface area contributed by atoms with Crippen LogP contribution >= 0.6 is 11.3 Å². The fraction of sp³-hybridized carbons (Fsp3) is 0.353. The maximum Gasteiger partial charge on any atom is 0.264 e. The fourth-order valence-electron chi connectivity index (χ4n) is 3.19. The van der Waals surface area contributed by atoms with E-state index in [1.807, 2.05) is 41.8 Å².